The van der Waals surface area contributed by atoms with E-state index in [2.05, 4.69) is 43.4 Å². The second-order valence-corrected chi connectivity index (χ2v) is 8.20. The highest BCUT2D eigenvalue weighted by atomic mass is 16.5. The Morgan fingerprint density at radius 2 is 1.72 bits per heavy atom. The third kappa shape index (κ3) is 4.97. The molecule has 1 N–H and O–H groups in total. The zero-order valence-corrected chi connectivity index (χ0v) is 17.6. The highest BCUT2D eigenvalue weighted by Crippen LogP contribution is 2.34. The lowest BCUT2D eigenvalue weighted by Crippen LogP contribution is -2.37. The van der Waals surface area contributed by atoms with Crippen LogP contribution in [0.5, 0.6) is 5.75 Å². The maximum atomic E-state index is 13.1. The lowest BCUT2D eigenvalue weighted by Gasteiger charge is -2.19. The van der Waals surface area contributed by atoms with Crippen molar-refractivity contribution in [2.24, 2.45) is 11.8 Å². The molecule has 1 heterocycles. The summed E-state index contributed by atoms with van der Waals surface area (Å²) < 4.78 is 5.18. The van der Waals surface area contributed by atoms with Crippen LogP contribution in [0.1, 0.15) is 41.3 Å². The van der Waals surface area contributed by atoms with E-state index >= 15 is 0 Å². The Labute approximate surface area is 173 Å². The van der Waals surface area contributed by atoms with Gasteiger partial charge in [-0.3, -0.25) is 9.59 Å². The summed E-state index contributed by atoms with van der Waals surface area (Å²) in [6.07, 6.45) is 0. The summed E-state index contributed by atoms with van der Waals surface area (Å²) in [7, 11) is 1.60. The van der Waals surface area contributed by atoms with E-state index in [1.54, 1.807) is 36.3 Å². The number of nitrogens with one attached hydrogen (secondary N) is 1. The number of carbonyl (C=O) groups is 2. The number of benzene rings is 2. The highest BCUT2D eigenvalue weighted by molar-refractivity contribution is 5.95. The van der Waals surface area contributed by atoms with Crippen LogP contribution in [0.25, 0.3) is 0 Å². The molecule has 0 bridgehead atoms. The molecule has 2 atom stereocenters. The Morgan fingerprint density at radius 3 is 2.31 bits per heavy atom. The van der Waals surface area contributed by atoms with Crippen molar-refractivity contribution in [3.8, 4) is 5.75 Å². The number of nitrogens with zero attached hydrogens (tertiary/aromatic N) is 1. The summed E-state index contributed by atoms with van der Waals surface area (Å²) in [6.45, 7) is 7.80. The van der Waals surface area contributed by atoms with Gasteiger partial charge in [0.05, 0.1) is 13.0 Å². The van der Waals surface area contributed by atoms with Gasteiger partial charge in [0, 0.05) is 31.1 Å². The van der Waals surface area contributed by atoms with Crippen LogP contribution in [0.2, 0.25) is 0 Å². The van der Waals surface area contributed by atoms with Crippen LogP contribution in [0.15, 0.2) is 48.5 Å². The van der Waals surface area contributed by atoms with Crippen LogP contribution in [0, 0.1) is 18.8 Å². The van der Waals surface area contributed by atoms with E-state index in [0.29, 0.717) is 36.9 Å². The maximum absolute atomic E-state index is 13.1. The van der Waals surface area contributed by atoms with E-state index in [0.717, 1.165) is 5.56 Å². The smallest absolute Gasteiger partial charge is 0.253 e. The normalized spacial score (nSPS) is 18.7. The van der Waals surface area contributed by atoms with E-state index in [4.69, 9.17) is 4.74 Å². The van der Waals surface area contributed by atoms with Gasteiger partial charge in [0.25, 0.3) is 5.91 Å². The van der Waals surface area contributed by atoms with E-state index in [1.807, 2.05) is 6.92 Å². The molecule has 0 spiro atoms. The quantitative estimate of drug-likeness (QED) is 0.814. The fourth-order valence-electron chi connectivity index (χ4n) is 3.74. The Morgan fingerprint density at radius 1 is 1.07 bits per heavy atom. The number of hydrogen-bond acceptors (Lipinski definition) is 3. The third-order valence-electron chi connectivity index (χ3n) is 5.47. The predicted molar refractivity (Wildman–Crippen MR) is 114 cm³/mol. The van der Waals surface area contributed by atoms with Crippen molar-refractivity contribution in [1.29, 1.82) is 0 Å². The first-order chi connectivity index (χ1) is 13.9. The van der Waals surface area contributed by atoms with Crippen LogP contribution in [0.4, 0.5) is 0 Å². The number of hydrogen-bond donors (Lipinski definition) is 1. The Kier molecular flexibility index (Phi) is 6.57. The Balaban J connectivity index is 1.81. The molecule has 1 aliphatic heterocycles. The first-order valence-corrected chi connectivity index (χ1v) is 10.2. The zero-order valence-electron chi connectivity index (χ0n) is 17.6. The SMILES string of the molecule is COc1ccc(C(=O)N2CC(C(=O)NCC(C)C)C(c3ccc(C)cc3)C2)cc1. The molecule has 1 fully saturated rings. The monoisotopic (exact) mass is 394 g/mol. The van der Waals surface area contributed by atoms with Crippen LogP contribution in [-0.2, 0) is 4.79 Å². The molecule has 2 aromatic carbocycles. The fourth-order valence-corrected chi connectivity index (χ4v) is 3.74. The van der Waals surface area contributed by atoms with Crippen LogP contribution < -0.4 is 10.1 Å². The molecule has 0 radical (unpaired) electrons. The molecule has 2 amide bonds. The van der Waals surface area contributed by atoms with Gasteiger partial charge in [-0.1, -0.05) is 43.7 Å². The summed E-state index contributed by atoms with van der Waals surface area (Å²) in [5, 5.41) is 3.06. The number of rotatable bonds is 6. The van der Waals surface area contributed by atoms with Gasteiger partial charge in [-0.05, 0) is 42.7 Å². The summed E-state index contributed by atoms with van der Waals surface area (Å²) in [5.41, 5.74) is 2.89. The molecule has 1 aliphatic rings. The molecule has 3 rings (SSSR count). The molecule has 2 unspecified atom stereocenters. The minimum Gasteiger partial charge on any atom is -0.497 e. The third-order valence-corrected chi connectivity index (χ3v) is 5.47. The number of ether oxygens (including phenoxy) is 1. The molecule has 0 aliphatic carbocycles. The van der Waals surface area contributed by atoms with E-state index in [9.17, 15) is 9.59 Å². The first kappa shape index (κ1) is 20.9. The standard InChI is InChI=1S/C24H30N2O3/c1-16(2)13-25-23(27)22-15-26(14-21(22)18-7-5-17(3)6-8-18)24(28)19-9-11-20(29-4)12-10-19/h5-12,16,21-22H,13-15H2,1-4H3,(H,25,27). The van der Waals surface area contributed by atoms with Crippen molar-refractivity contribution in [1.82, 2.24) is 10.2 Å². The van der Waals surface area contributed by atoms with Crippen molar-refractivity contribution in [2.45, 2.75) is 26.7 Å². The fraction of sp³-hybridized carbons (Fsp3) is 0.417. The molecule has 0 saturated carbocycles. The number of amides is 2. The first-order valence-electron chi connectivity index (χ1n) is 10.2. The van der Waals surface area contributed by atoms with Gasteiger partial charge in [-0.15, -0.1) is 0 Å². The van der Waals surface area contributed by atoms with Gasteiger partial charge in [0.1, 0.15) is 5.75 Å². The summed E-state index contributed by atoms with van der Waals surface area (Å²) in [4.78, 5) is 27.8. The van der Waals surface area contributed by atoms with Gasteiger partial charge < -0.3 is 15.0 Å². The van der Waals surface area contributed by atoms with Crippen LogP contribution in [0.3, 0.4) is 0 Å². The largest absolute Gasteiger partial charge is 0.497 e. The number of likely N-dealkylation sites (tertiary alicyclic amines) is 1. The van der Waals surface area contributed by atoms with Crippen molar-refractivity contribution in [3.05, 3.63) is 65.2 Å². The van der Waals surface area contributed by atoms with Crippen LogP contribution >= 0.6 is 0 Å². The average Bonchev–Trinajstić information content (AvgIpc) is 3.17. The summed E-state index contributed by atoms with van der Waals surface area (Å²) >= 11 is 0. The Hall–Kier alpha value is -2.82. The highest BCUT2D eigenvalue weighted by Gasteiger charge is 2.40. The number of carbonyl (C=O) groups excluding carboxylic acids is 2. The molecular weight excluding hydrogens is 364 g/mol. The summed E-state index contributed by atoms with van der Waals surface area (Å²) in [6, 6.07) is 15.4. The molecular formula is C24H30N2O3. The average molecular weight is 395 g/mol. The van der Waals surface area contributed by atoms with Gasteiger partial charge >= 0.3 is 0 Å². The van der Waals surface area contributed by atoms with Crippen molar-refractivity contribution in [3.63, 3.8) is 0 Å². The maximum Gasteiger partial charge on any atom is 0.253 e. The van der Waals surface area contributed by atoms with E-state index in [1.165, 1.54) is 5.56 Å². The minimum atomic E-state index is -0.251. The van der Waals surface area contributed by atoms with Gasteiger partial charge in [-0.25, -0.2) is 0 Å². The van der Waals surface area contributed by atoms with E-state index < -0.39 is 0 Å². The second-order valence-electron chi connectivity index (χ2n) is 8.20. The molecule has 1 saturated heterocycles. The van der Waals surface area contributed by atoms with Crippen molar-refractivity contribution >= 4 is 11.8 Å². The minimum absolute atomic E-state index is 0.00930. The van der Waals surface area contributed by atoms with Crippen molar-refractivity contribution < 1.29 is 14.3 Å². The molecule has 5 heteroatoms. The second kappa shape index (κ2) is 9.12. The lowest BCUT2D eigenvalue weighted by atomic mass is 9.88. The molecule has 0 aromatic heterocycles. The Bertz CT molecular complexity index is 843. The van der Waals surface area contributed by atoms with Gasteiger partial charge in [0.2, 0.25) is 5.91 Å². The van der Waals surface area contributed by atoms with Crippen LogP contribution in [-0.4, -0.2) is 43.5 Å². The predicted octanol–water partition coefficient (Wildman–Crippen LogP) is 3.63. The van der Waals surface area contributed by atoms with Gasteiger partial charge in [0.15, 0.2) is 0 Å². The molecule has 154 valence electrons. The van der Waals surface area contributed by atoms with E-state index in [-0.39, 0.29) is 23.7 Å². The molecule has 29 heavy (non-hydrogen) atoms. The number of methoxy groups -OCH3 is 1. The lowest BCUT2D eigenvalue weighted by molar-refractivity contribution is -0.125. The topological polar surface area (TPSA) is 58.6 Å². The van der Waals surface area contributed by atoms with Gasteiger partial charge in [-0.2, -0.15) is 0 Å². The molecule has 2 aromatic rings. The van der Waals surface area contributed by atoms with Crippen molar-refractivity contribution in [2.75, 3.05) is 26.7 Å². The summed E-state index contributed by atoms with van der Waals surface area (Å²) in [5.74, 6) is 0.809. The molecule has 5 nitrogen and oxygen atoms in total. The zero-order chi connectivity index (χ0) is 21.0. The number of aryl methyl sites for hydroxylation is 1.